The monoisotopic (exact) mass is 475 g/mol. The van der Waals surface area contributed by atoms with E-state index in [0.717, 1.165) is 17.7 Å². The number of ether oxygens (including phenoxy) is 2. The van der Waals surface area contributed by atoms with Crippen LogP contribution in [0.2, 0.25) is 0 Å². The first kappa shape index (κ1) is 24.5. The summed E-state index contributed by atoms with van der Waals surface area (Å²) >= 11 is 0. The van der Waals surface area contributed by atoms with Crippen LogP contribution in [0.15, 0.2) is 48.5 Å². The van der Waals surface area contributed by atoms with Crippen LogP contribution in [0, 0.1) is 5.82 Å². The molecule has 1 saturated heterocycles. The number of fused-ring (bicyclic) bond motifs is 1. The van der Waals surface area contributed by atoms with Gasteiger partial charge in [-0.3, -0.25) is 14.5 Å². The molecule has 0 spiro atoms. The second-order valence-corrected chi connectivity index (χ2v) is 7.75. The molecule has 0 aromatic heterocycles. The number of nitrogens with one attached hydrogen (secondary N) is 1. The van der Waals surface area contributed by atoms with Crippen LogP contribution in [-0.4, -0.2) is 67.6 Å². The van der Waals surface area contributed by atoms with Crippen molar-refractivity contribution in [1.29, 1.82) is 0 Å². The highest BCUT2D eigenvalue weighted by atomic mass is 35.5. The first-order chi connectivity index (χ1) is 15.6. The van der Waals surface area contributed by atoms with Gasteiger partial charge in [0, 0.05) is 44.4 Å². The number of halogens is 2. The lowest BCUT2D eigenvalue weighted by molar-refractivity contribution is -0.127. The molecular weight excluding hydrogens is 449 g/mol. The van der Waals surface area contributed by atoms with Crippen molar-refractivity contribution < 1.29 is 23.5 Å². The number of carbonyl (C=O) groups is 2. The Labute approximate surface area is 198 Å². The van der Waals surface area contributed by atoms with Crippen molar-refractivity contribution in [3.8, 4) is 11.5 Å². The van der Waals surface area contributed by atoms with E-state index >= 15 is 0 Å². The van der Waals surface area contributed by atoms with E-state index in [1.807, 2.05) is 23.1 Å². The number of hydrogen-bond acceptors (Lipinski definition) is 5. The molecule has 4 rings (SSSR count). The molecule has 7 nitrogen and oxygen atoms in total. The fraction of sp³-hybridized carbons (Fsp3) is 0.333. The van der Waals surface area contributed by atoms with Crippen LogP contribution in [0.25, 0.3) is 6.08 Å². The zero-order valence-electron chi connectivity index (χ0n) is 18.2. The third-order valence-electron chi connectivity index (χ3n) is 5.37. The largest absolute Gasteiger partial charge is 0.490 e. The van der Waals surface area contributed by atoms with Crippen molar-refractivity contribution in [3.63, 3.8) is 0 Å². The first-order valence-corrected chi connectivity index (χ1v) is 10.7. The smallest absolute Gasteiger partial charge is 0.246 e. The van der Waals surface area contributed by atoms with Crippen LogP contribution in [0.1, 0.15) is 12.0 Å². The minimum absolute atomic E-state index is 0. The molecule has 9 heteroatoms. The maximum absolute atomic E-state index is 13.0. The summed E-state index contributed by atoms with van der Waals surface area (Å²) in [5, 5.41) is 2.76. The van der Waals surface area contributed by atoms with Gasteiger partial charge in [-0.15, -0.1) is 12.4 Å². The highest BCUT2D eigenvalue weighted by molar-refractivity contribution is 5.93. The normalized spacial score (nSPS) is 16.1. The Balaban J connectivity index is 0.00000306. The summed E-state index contributed by atoms with van der Waals surface area (Å²) < 4.78 is 24.3. The summed E-state index contributed by atoms with van der Waals surface area (Å²) in [6, 6.07) is 11.3. The fourth-order valence-corrected chi connectivity index (χ4v) is 3.62. The summed E-state index contributed by atoms with van der Waals surface area (Å²) in [5.74, 6) is 0.857. The molecule has 0 bridgehead atoms. The lowest BCUT2D eigenvalue weighted by atomic mass is 10.2. The van der Waals surface area contributed by atoms with Gasteiger partial charge in [-0.1, -0.05) is 6.07 Å². The number of piperazine rings is 1. The quantitative estimate of drug-likeness (QED) is 0.672. The number of nitrogens with zero attached hydrogens (tertiary/aromatic N) is 2. The third-order valence-corrected chi connectivity index (χ3v) is 5.37. The molecule has 2 aromatic carbocycles. The Morgan fingerprint density at radius 2 is 1.67 bits per heavy atom. The zero-order chi connectivity index (χ0) is 22.3. The molecule has 1 N–H and O–H groups in total. The van der Waals surface area contributed by atoms with Crippen molar-refractivity contribution >= 4 is 36.0 Å². The van der Waals surface area contributed by atoms with Gasteiger partial charge in [-0.2, -0.15) is 0 Å². The second kappa shape index (κ2) is 11.7. The van der Waals surface area contributed by atoms with Crippen molar-refractivity contribution in [1.82, 2.24) is 9.80 Å². The van der Waals surface area contributed by atoms with Gasteiger partial charge in [0.15, 0.2) is 11.5 Å². The van der Waals surface area contributed by atoms with Crippen LogP contribution in [-0.2, 0) is 9.59 Å². The molecular formula is C24H27ClFN3O4. The summed E-state index contributed by atoms with van der Waals surface area (Å²) in [6.45, 7) is 3.81. The Hall–Kier alpha value is -3.10. The van der Waals surface area contributed by atoms with Crippen LogP contribution < -0.4 is 14.8 Å². The zero-order valence-corrected chi connectivity index (χ0v) is 19.0. The van der Waals surface area contributed by atoms with Gasteiger partial charge in [-0.25, -0.2) is 4.39 Å². The number of benzene rings is 2. The first-order valence-electron chi connectivity index (χ1n) is 10.7. The van der Waals surface area contributed by atoms with Crippen LogP contribution in [0.3, 0.4) is 0 Å². The molecule has 0 atom stereocenters. The highest BCUT2D eigenvalue weighted by Crippen LogP contribution is 2.30. The minimum atomic E-state index is -0.345. The molecule has 2 heterocycles. The van der Waals surface area contributed by atoms with E-state index in [4.69, 9.17) is 9.47 Å². The topological polar surface area (TPSA) is 71.1 Å². The molecule has 33 heavy (non-hydrogen) atoms. The van der Waals surface area contributed by atoms with E-state index in [9.17, 15) is 14.0 Å². The molecule has 176 valence electrons. The van der Waals surface area contributed by atoms with E-state index in [1.54, 1.807) is 17.1 Å². The Kier molecular flexibility index (Phi) is 8.68. The molecule has 0 saturated carbocycles. The molecule has 1 fully saturated rings. The Morgan fingerprint density at radius 3 is 2.39 bits per heavy atom. The van der Waals surface area contributed by atoms with Crippen LogP contribution >= 0.6 is 12.4 Å². The van der Waals surface area contributed by atoms with Gasteiger partial charge in [-0.05, 0) is 48.0 Å². The number of rotatable bonds is 5. The third kappa shape index (κ3) is 6.94. The van der Waals surface area contributed by atoms with Gasteiger partial charge in [0.05, 0.1) is 19.8 Å². The highest BCUT2D eigenvalue weighted by Gasteiger charge is 2.21. The van der Waals surface area contributed by atoms with E-state index in [1.165, 1.54) is 24.3 Å². The van der Waals surface area contributed by atoms with E-state index in [0.29, 0.717) is 50.8 Å². The Morgan fingerprint density at radius 1 is 0.970 bits per heavy atom. The van der Waals surface area contributed by atoms with Crippen molar-refractivity contribution in [3.05, 3.63) is 59.9 Å². The maximum Gasteiger partial charge on any atom is 0.246 e. The van der Waals surface area contributed by atoms with E-state index in [-0.39, 0.29) is 36.6 Å². The second-order valence-electron chi connectivity index (χ2n) is 7.75. The lowest BCUT2D eigenvalue weighted by Gasteiger charge is -2.33. The van der Waals surface area contributed by atoms with Crippen LogP contribution in [0.4, 0.5) is 10.1 Å². The SMILES string of the molecule is Cl.O=C(CN1CCN(C(=O)/C=C/c2ccc3c(c2)OCCCO3)CC1)Nc1ccc(F)cc1. The summed E-state index contributed by atoms with van der Waals surface area (Å²) in [4.78, 5) is 28.5. The average Bonchev–Trinajstić information content (AvgIpc) is 3.04. The van der Waals surface area contributed by atoms with Gasteiger partial charge in [0.1, 0.15) is 5.82 Å². The van der Waals surface area contributed by atoms with Gasteiger partial charge < -0.3 is 19.7 Å². The van der Waals surface area contributed by atoms with Gasteiger partial charge in [0.25, 0.3) is 0 Å². The molecule has 0 radical (unpaired) electrons. The standard InChI is InChI=1S/C24H26FN3O4.ClH/c25-19-4-6-20(7-5-19)26-23(29)17-27-10-12-28(13-11-27)24(30)9-3-18-2-8-21-22(16-18)32-15-1-14-31-21;/h2-9,16H,1,10-15,17H2,(H,26,29);1H/b9-3+;. The molecule has 0 unspecified atom stereocenters. The van der Waals surface area contributed by atoms with Crippen LogP contribution in [0.5, 0.6) is 11.5 Å². The van der Waals surface area contributed by atoms with Crippen molar-refractivity contribution in [2.75, 3.05) is 51.3 Å². The van der Waals surface area contributed by atoms with Crippen molar-refractivity contribution in [2.45, 2.75) is 6.42 Å². The minimum Gasteiger partial charge on any atom is -0.490 e. The molecule has 2 aromatic rings. The van der Waals surface area contributed by atoms with E-state index in [2.05, 4.69) is 5.32 Å². The average molecular weight is 476 g/mol. The number of carbonyl (C=O) groups excluding carboxylic acids is 2. The fourth-order valence-electron chi connectivity index (χ4n) is 3.62. The number of anilines is 1. The molecule has 2 aliphatic rings. The van der Waals surface area contributed by atoms with Gasteiger partial charge in [0.2, 0.25) is 11.8 Å². The molecule has 0 aliphatic carbocycles. The molecule has 2 aliphatic heterocycles. The predicted octanol–water partition coefficient (Wildman–Crippen LogP) is 3.20. The Bertz CT molecular complexity index is 992. The van der Waals surface area contributed by atoms with Gasteiger partial charge >= 0.3 is 0 Å². The van der Waals surface area contributed by atoms with Crippen molar-refractivity contribution in [2.24, 2.45) is 0 Å². The summed E-state index contributed by atoms with van der Waals surface area (Å²) in [7, 11) is 0. The predicted molar refractivity (Wildman–Crippen MR) is 126 cm³/mol. The summed E-state index contributed by atoms with van der Waals surface area (Å²) in [6.07, 6.45) is 4.19. The lowest BCUT2D eigenvalue weighted by Crippen LogP contribution is -2.50. The molecule has 2 amide bonds. The number of hydrogen-bond donors (Lipinski definition) is 1. The maximum atomic E-state index is 13.0. The van der Waals surface area contributed by atoms with E-state index < -0.39 is 0 Å². The number of amides is 2. The summed E-state index contributed by atoms with van der Waals surface area (Å²) in [5.41, 5.74) is 1.43.